The molecule has 0 fully saturated rings. The molecule has 0 unspecified atom stereocenters. The van der Waals surface area contributed by atoms with Crippen molar-refractivity contribution in [3.05, 3.63) is 41.5 Å². The molecular formula is C12H11F3N4O2. The van der Waals surface area contributed by atoms with E-state index < -0.39 is 17.7 Å². The van der Waals surface area contributed by atoms with Crippen molar-refractivity contribution in [2.75, 3.05) is 12.8 Å². The number of halogens is 3. The van der Waals surface area contributed by atoms with E-state index in [-0.39, 0.29) is 23.6 Å². The molecule has 21 heavy (non-hydrogen) atoms. The summed E-state index contributed by atoms with van der Waals surface area (Å²) in [4.78, 5) is 14.9. The summed E-state index contributed by atoms with van der Waals surface area (Å²) in [6, 6.07) is 3.48. The normalized spacial score (nSPS) is 11.4. The number of aromatic nitrogens is 3. The fourth-order valence-electron chi connectivity index (χ4n) is 1.73. The second-order valence-corrected chi connectivity index (χ2v) is 4.17. The number of carbonyl (C=O) groups is 1. The second kappa shape index (κ2) is 5.43. The van der Waals surface area contributed by atoms with E-state index in [1.165, 1.54) is 12.1 Å². The van der Waals surface area contributed by atoms with Gasteiger partial charge in [0.15, 0.2) is 0 Å². The first-order valence-corrected chi connectivity index (χ1v) is 5.74. The SMILES string of the molecule is COC(=O)c1ncn(Cc2ccc(N)cc2C(F)(F)F)n1. The summed E-state index contributed by atoms with van der Waals surface area (Å²) in [5.41, 5.74) is 4.52. The average molecular weight is 300 g/mol. The molecule has 0 atom stereocenters. The zero-order valence-corrected chi connectivity index (χ0v) is 10.9. The van der Waals surface area contributed by atoms with Crippen molar-refractivity contribution in [2.24, 2.45) is 0 Å². The minimum Gasteiger partial charge on any atom is -0.463 e. The zero-order valence-electron chi connectivity index (χ0n) is 10.9. The number of hydrogen-bond donors (Lipinski definition) is 1. The Morgan fingerprint density at radius 3 is 2.76 bits per heavy atom. The smallest absolute Gasteiger partial charge is 0.416 e. The van der Waals surface area contributed by atoms with Gasteiger partial charge in [0.25, 0.3) is 5.82 Å². The summed E-state index contributed by atoms with van der Waals surface area (Å²) >= 11 is 0. The van der Waals surface area contributed by atoms with Crippen LogP contribution in [0.1, 0.15) is 21.7 Å². The molecule has 0 saturated carbocycles. The van der Waals surface area contributed by atoms with Crippen LogP contribution < -0.4 is 5.73 Å². The number of nitrogens with zero attached hydrogens (tertiary/aromatic N) is 3. The second-order valence-electron chi connectivity index (χ2n) is 4.17. The molecule has 112 valence electrons. The molecule has 0 amide bonds. The fraction of sp³-hybridized carbons (Fsp3) is 0.250. The van der Waals surface area contributed by atoms with Crippen LogP contribution in [-0.2, 0) is 17.5 Å². The Morgan fingerprint density at radius 2 is 2.14 bits per heavy atom. The summed E-state index contributed by atoms with van der Waals surface area (Å²) in [5.74, 6) is -0.983. The van der Waals surface area contributed by atoms with Crippen molar-refractivity contribution < 1.29 is 22.7 Å². The lowest BCUT2D eigenvalue weighted by molar-refractivity contribution is -0.138. The first-order chi connectivity index (χ1) is 9.81. The van der Waals surface area contributed by atoms with Gasteiger partial charge in [0.05, 0.1) is 19.2 Å². The van der Waals surface area contributed by atoms with Gasteiger partial charge in [0.1, 0.15) is 6.33 Å². The van der Waals surface area contributed by atoms with Crippen LogP contribution in [0.2, 0.25) is 0 Å². The van der Waals surface area contributed by atoms with E-state index in [0.717, 1.165) is 24.2 Å². The Balaban J connectivity index is 2.31. The molecular weight excluding hydrogens is 289 g/mol. The Bertz CT molecular complexity index is 667. The van der Waals surface area contributed by atoms with Gasteiger partial charge >= 0.3 is 12.1 Å². The first-order valence-electron chi connectivity index (χ1n) is 5.74. The van der Waals surface area contributed by atoms with E-state index in [1.807, 2.05) is 0 Å². The molecule has 0 aliphatic carbocycles. The van der Waals surface area contributed by atoms with E-state index in [9.17, 15) is 18.0 Å². The van der Waals surface area contributed by atoms with Gasteiger partial charge in [-0.05, 0) is 17.7 Å². The molecule has 0 saturated heterocycles. The highest BCUT2D eigenvalue weighted by Gasteiger charge is 2.33. The monoisotopic (exact) mass is 300 g/mol. The molecule has 0 radical (unpaired) electrons. The van der Waals surface area contributed by atoms with E-state index in [2.05, 4.69) is 14.8 Å². The van der Waals surface area contributed by atoms with Crippen LogP contribution >= 0.6 is 0 Å². The molecule has 1 heterocycles. The Kier molecular flexibility index (Phi) is 3.83. The largest absolute Gasteiger partial charge is 0.463 e. The maximum atomic E-state index is 12.9. The van der Waals surface area contributed by atoms with Crippen molar-refractivity contribution in [1.82, 2.24) is 14.8 Å². The number of hydrogen-bond acceptors (Lipinski definition) is 5. The third-order valence-corrected chi connectivity index (χ3v) is 2.68. The highest BCUT2D eigenvalue weighted by Crippen LogP contribution is 2.33. The van der Waals surface area contributed by atoms with Crippen LogP contribution in [0.3, 0.4) is 0 Å². The Morgan fingerprint density at radius 1 is 1.43 bits per heavy atom. The molecule has 1 aromatic heterocycles. The van der Waals surface area contributed by atoms with Crippen molar-refractivity contribution in [1.29, 1.82) is 0 Å². The molecule has 2 N–H and O–H groups in total. The van der Waals surface area contributed by atoms with Crippen molar-refractivity contribution in [2.45, 2.75) is 12.7 Å². The molecule has 1 aromatic carbocycles. The number of carbonyl (C=O) groups excluding carboxylic acids is 1. The minimum atomic E-state index is -4.53. The highest BCUT2D eigenvalue weighted by atomic mass is 19.4. The molecule has 0 aliphatic heterocycles. The predicted octanol–water partition coefficient (Wildman–Crippen LogP) is 1.71. The predicted molar refractivity (Wildman–Crippen MR) is 66.3 cm³/mol. The van der Waals surface area contributed by atoms with E-state index in [0.29, 0.717) is 0 Å². The van der Waals surface area contributed by atoms with Crippen LogP contribution in [0.4, 0.5) is 18.9 Å². The van der Waals surface area contributed by atoms with Gasteiger partial charge in [0.2, 0.25) is 0 Å². The van der Waals surface area contributed by atoms with Gasteiger partial charge in [0, 0.05) is 5.69 Å². The van der Waals surface area contributed by atoms with Crippen molar-refractivity contribution in [3.8, 4) is 0 Å². The van der Waals surface area contributed by atoms with Gasteiger partial charge in [-0.15, -0.1) is 5.10 Å². The highest BCUT2D eigenvalue weighted by molar-refractivity contribution is 5.84. The van der Waals surface area contributed by atoms with Crippen LogP contribution in [-0.4, -0.2) is 27.8 Å². The van der Waals surface area contributed by atoms with Gasteiger partial charge in [-0.1, -0.05) is 6.07 Å². The number of methoxy groups -OCH3 is 1. The fourth-order valence-corrected chi connectivity index (χ4v) is 1.73. The summed E-state index contributed by atoms with van der Waals surface area (Å²) < 4.78 is 44.4. The van der Waals surface area contributed by atoms with Crippen LogP contribution in [0.5, 0.6) is 0 Å². The number of rotatable bonds is 3. The van der Waals surface area contributed by atoms with Crippen LogP contribution in [0.15, 0.2) is 24.5 Å². The van der Waals surface area contributed by atoms with Gasteiger partial charge < -0.3 is 10.5 Å². The van der Waals surface area contributed by atoms with Crippen molar-refractivity contribution >= 4 is 11.7 Å². The standard InChI is InChI=1S/C12H11F3N4O2/c1-21-11(20)10-17-6-19(18-10)5-7-2-3-8(16)4-9(7)12(13,14)15/h2-4,6H,5,16H2,1H3. The first kappa shape index (κ1) is 14.8. The molecule has 2 aromatic rings. The molecule has 0 bridgehead atoms. The van der Waals surface area contributed by atoms with Crippen LogP contribution in [0.25, 0.3) is 0 Å². The molecule has 6 nitrogen and oxygen atoms in total. The Labute approximate surface area is 117 Å². The summed E-state index contributed by atoms with van der Waals surface area (Å²) in [7, 11) is 1.16. The topological polar surface area (TPSA) is 83.0 Å². The average Bonchev–Trinajstić information content (AvgIpc) is 2.87. The molecule has 0 aliphatic rings. The van der Waals surface area contributed by atoms with E-state index in [1.54, 1.807) is 0 Å². The molecule has 0 spiro atoms. The summed E-state index contributed by atoms with van der Waals surface area (Å²) in [6.45, 7) is -0.195. The van der Waals surface area contributed by atoms with Crippen LogP contribution in [0, 0.1) is 0 Å². The van der Waals surface area contributed by atoms with E-state index >= 15 is 0 Å². The van der Waals surface area contributed by atoms with Crippen molar-refractivity contribution in [3.63, 3.8) is 0 Å². The number of benzene rings is 1. The lowest BCUT2D eigenvalue weighted by Gasteiger charge is -2.13. The number of esters is 1. The number of ether oxygens (including phenoxy) is 1. The lowest BCUT2D eigenvalue weighted by Crippen LogP contribution is -2.13. The number of alkyl halides is 3. The molecule has 9 heteroatoms. The number of nitrogen functional groups attached to an aromatic ring is 1. The summed E-state index contributed by atoms with van der Waals surface area (Å²) in [6.07, 6.45) is -3.38. The third-order valence-electron chi connectivity index (χ3n) is 2.68. The molecule has 2 rings (SSSR count). The Hall–Kier alpha value is -2.58. The maximum Gasteiger partial charge on any atom is 0.416 e. The number of anilines is 1. The third kappa shape index (κ3) is 3.30. The van der Waals surface area contributed by atoms with Gasteiger partial charge in [-0.2, -0.15) is 13.2 Å². The maximum absolute atomic E-state index is 12.9. The summed E-state index contributed by atoms with van der Waals surface area (Å²) in [5, 5.41) is 3.75. The lowest BCUT2D eigenvalue weighted by atomic mass is 10.1. The van der Waals surface area contributed by atoms with Gasteiger partial charge in [-0.25, -0.2) is 14.5 Å². The van der Waals surface area contributed by atoms with E-state index in [4.69, 9.17) is 5.73 Å². The minimum absolute atomic E-state index is 0.0138. The van der Waals surface area contributed by atoms with Gasteiger partial charge in [-0.3, -0.25) is 0 Å². The zero-order chi connectivity index (χ0) is 15.6. The quantitative estimate of drug-likeness (QED) is 0.689. The number of nitrogens with two attached hydrogens (primary N) is 1.